The lowest BCUT2D eigenvalue weighted by atomic mass is 9.93. The fourth-order valence-electron chi connectivity index (χ4n) is 1.66. The normalized spacial score (nSPS) is 12.1. The molecule has 1 N–H and O–H groups in total. The number of aromatic carboxylic acids is 1. The van der Waals surface area contributed by atoms with Gasteiger partial charge in [0.05, 0.1) is 12.2 Å². The molecule has 6 nitrogen and oxygen atoms in total. The van der Waals surface area contributed by atoms with Crippen LogP contribution in [0.3, 0.4) is 0 Å². The standard InChI is InChI=1S/C12H14F2N4O2S/c1-12(2,3)6-5-21-7(15-6)4-18-9(10(13)14)8(11(19)20)16-17-18/h5,10H,4H2,1-3H3,(H,19,20). The Labute approximate surface area is 123 Å². The van der Waals surface area contributed by atoms with Crippen molar-refractivity contribution < 1.29 is 18.7 Å². The van der Waals surface area contributed by atoms with Gasteiger partial charge in [0.25, 0.3) is 6.43 Å². The zero-order valence-corrected chi connectivity index (χ0v) is 12.5. The van der Waals surface area contributed by atoms with Crippen LogP contribution in [-0.2, 0) is 12.0 Å². The van der Waals surface area contributed by atoms with E-state index in [4.69, 9.17) is 5.11 Å². The summed E-state index contributed by atoms with van der Waals surface area (Å²) in [4.78, 5) is 15.2. The predicted molar refractivity (Wildman–Crippen MR) is 71.9 cm³/mol. The summed E-state index contributed by atoms with van der Waals surface area (Å²) in [5.41, 5.74) is -0.721. The van der Waals surface area contributed by atoms with Crippen molar-refractivity contribution in [3.8, 4) is 0 Å². The van der Waals surface area contributed by atoms with E-state index in [-0.39, 0.29) is 12.0 Å². The van der Waals surface area contributed by atoms with Gasteiger partial charge in [0, 0.05) is 10.8 Å². The Morgan fingerprint density at radius 1 is 1.48 bits per heavy atom. The van der Waals surface area contributed by atoms with Gasteiger partial charge >= 0.3 is 5.97 Å². The summed E-state index contributed by atoms with van der Waals surface area (Å²) in [5, 5.41) is 18.1. The second-order valence-electron chi connectivity index (χ2n) is 5.46. The Morgan fingerprint density at radius 2 is 2.14 bits per heavy atom. The largest absolute Gasteiger partial charge is 0.476 e. The molecule has 9 heteroatoms. The number of alkyl halides is 2. The first-order valence-electron chi connectivity index (χ1n) is 6.10. The van der Waals surface area contributed by atoms with E-state index in [1.165, 1.54) is 11.3 Å². The van der Waals surface area contributed by atoms with Gasteiger partial charge in [-0.2, -0.15) is 0 Å². The van der Waals surface area contributed by atoms with Crippen LogP contribution in [0.5, 0.6) is 0 Å². The number of nitrogens with zero attached hydrogens (tertiary/aromatic N) is 4. The number of aromatic nitrogens is 4. The van der Waals surface area contributed by atoms with Crippen LogP contribution in [0.4, 0.5) is 8.78 Å². The second kappa shape index (κ2) is 5.47. The van der Waals surface area contributed by atoms with Crippen LogP contribution in [0.1, 0.15) is 54.1 Å². The van der Waals surface area contributed by atoms with Crippen molar-refractivity contribution in [2.75, 3.05) is 0 Å². The van der Waals surface area contributed by atoms with E-state index in [2.05, 4.69) is 15.3 Å². The number of carbonyl (C=O) groups is 1. The fourth-order valence-corrected chi connectivity index (χ4v) is 2.66. The van der Waals surface area contributed by atoms with Gasteiger partial charge < -0.3 is 5.11 Å². The third-order valence-electron chi connectivity index (χ3n) is 2.79. The van der Waals surface area contributed by atoms with Gasteiger partial charge in [-0.15, -0.1) is 16.4 Å². The van der Waals surface area contributed by atoms with Crippen LogP contribution in [0.2, 0.25) is 0 Å². The van der Waals surface area contributed by atoms with Gasteiger partial charge in [-0.05, 0) is 0 Å². The highest BCUT2D eigenvalue weighted by atomic mass is 32.1. The molecule has 0 fully saturated rings. The summed E-state index contributed by atoms with van der Waals surface area (Å²) < 4.78 is 26.9. The highest BCUT2D eigenvalue weighted by molar-refractivity contribution is 7.09. The Bertz CT molecular complexity index is 661. The average molecular weight is 316 g/mol. The van der Waals surface area contributed by atoms with Gasteiger partial charge in [0.1, 0.15) is 10.7 Å². The lowest BCUT2D eigenvalue weighted by molar-refractivity contribution is 0.0675. The molecule has 2 heterocycles. The summed E-state index contributed by atoms with van der Waals surface area (Å²) in [6.45, 7) is 5.96. The van der Waals surface area contributed by atoms with E-state index in [0.29, 0.717) is 5.01 Å². The van der Waals surface area contributed by atoms with Crippen molar-refractivity contribution in [1.82, 2.24) is 20.0 Å². The van der Waals surface area contributed by atoms with Crippen LogP contribution in [-0.4, -0.2) is 31.1 Å². The molecule has 21 heavy (non-hydrogen) atoms. The second-order valence-corrected chi connectivity index (χ2v) is 6.41. The first-order chi connectivity index (χ1) is 9.70. The molecule has 0 spiro atoms. The maximum atomic E-state index is 13.0. The third-order valence-corrected chi connectivity index (χ3v) is 3.62. The SMILES string of the molecule is CC(C)(C)c1csc(Cn2nnc(C(=O)O)c2C(F)F)n1. The summed E-state index contributed by atoms with van der Waals surface area (Å²) in [7, 11) is 0. The van der Waals surface area contributed by atoms with E-state index in [0.717, 1.165) is 10.4 Å². The molecule has 0 aliphatic carbocycles. The van der Waals surface area contributed by atoms with Gasteiger partial charge in [-0.1, -0.05) is 26.0 Å². The first-order valence-corrected chi connectivity index (χ1v) is 6.98. The number of hydrogen-bond donors (Lipinski definition) is 1. The number of thiazole rings is 1. The molecular weight excluding hydrogens is 302 g/mol. The van der Waals surface area contributed by atoms with Crippen LogP contribution in [0, 0.1) is 0 Å². The Hall–Kier alpha value is -1.90. The quantitative estimate of drug-likeness (QED) is 0.938. The van der Waals surface area contributed by atoms with Crippen molar-refractivity contribution in [3.63, 3.8) is 0 Å². The third kappa shape index (κ3) is 3.23. The summed E-state index contributed by atoms with van der Waals surface area (Å²) in [6.07, 6.45) is -2.96. The maximum Gasteiger partial charge on any atom is 0.358 e. The number of carboxylic acid groups (broad SMARTS) is 1. The van der Waals surface area contributed by atoms with Crippen molar-refractivity contribution in [3.05, 3.63) is 27.5 Å². The first kappa shape index (κ1) is 15.5. The maximum absolute atomic E-state index is 13.0. The zero-order chi connectivity index (χ0) is 15.8. The Morgan fingerprint density at radius 3 is 2.62 bits per heavy atom. The van der Waals surface area contributed by atoms with Gasteiger partial charge in [0.15, 0.2) is 5.69 Å². The van der Waals surface area contributed by atoms with Crippen LogP contribution < -0.4 is 0 Å². The molecule has 0 bridgehead atoms. The molecule has 0 saturated heterocycles. The van der Waals surface area contributed by atoms with E-state index >= 15 is 0 Å². The topological polar surface area (TPSA) is 80.9 Å². The molecule has 0 amide bonds. The smallest absolute Gasteiger partial charge is 0.358 e. The van der Waals surface area contributed by atoms with Crippen LogP contribution in [0.25, 0.3) is 0 Å². The minimum atomic E-state index is -2.96. The summed E-state index contributed by atoms with van der Waals surface area (Å²) >= 11 is 1.32. The number of halogens is 2. The minimum Gasteiger partial charge on any atom is -0.476 e. The molecule has 0 unspecified atom stereocenters. The molecule has 114 valence electrons. The van der Waals surface area contributed by atoms with E-state index < -0.39 is 23.8 Å². The summed E-state index contributed by atoms with van der Waals surface area (Å²) in [6, 6.07) is 0. The number of hydrogen-bond acceptors (Lipinski definition) is 5. The fraction of sp³-hybridized carbons (Fsp3) is 0.500. The molecule has 0 aliphatic rings. The Balaban J connectivity index is 2.32. The van der Waals surface area contributed by atoms with Crippen LogP contribution in [0.15, 0.2) is 5.38 Å². The molecule has 0 radical (unpaired) electrons. The predicted octanol–water partition coefficient (Wildman–Crippen LogP) is 2.72. The molecule has 2 aromatic heterocycles. The number of rotatable bonds is 4. The average Bonchev–Trinajstić information content (AvgIpc) is 2.94. The van der Waals surface area contributed by atoms with Gasteiger partial charge in [0.2, 0.25) is 0 Å². The summed E-state index contributed by atoms with van der Waals surface area (Å²) in [5.74, 6) is -1.52. The van der Waals surface area contributed by atoms with E-state index in [1.54, 1.807) is 0 Å². The zero-order valence-electron chi connectivity index (χ0n) is 11.7. The van der Waals surface area contributed by atoms with Crippen LogP contribution >= 0.6 is 11.3 Å². The Kier molecular flexibility index (Phi) is 4.04. The van der Waals surface area contributed by atoms with Crippen molar-refractivity contribution >= 4 is 17.3 Å². The van der Waals surface area contributed by atoms with Crippen molar-refractivity contribution in [2.45, 2.75) is 39.2 Å². The van der Waals surface area contributed by atoms with E-state index in [1.807, 2.05) is 26.2 Å². The molecule has 0 aliphatic heterocycles. The highest BCUT2D eigenvalue weighted by Crippen LogP contribution is 2.26. The lowest BCUT2D eigenvalue weighted by Gasteiger charge is -2.14. The molecule has 2 rings (SSSR count). The van der Waals surface area contributed by atoms with E-state index in [9.17, 15) is 13.6 Å². The molecule has 2 aromatic rings. The lowest BCUT2D eigenvalue weighted by Crippen LogP contribution is -2.13. The molecule has 0 atom stereocenters. The molecule has 0 aromatic carbocycles. The van der Waals surface area contributed by atoms with Gasteiger partial charge in [-0.25, -0.2) is 23.2 Å². The number of carboxylic acids is 1. The van der Waals surface area contributed by atoms with Gasteiger partial charge in [-0.3, -0.25) is 0 Å². The highest BCUT2D eigenvalue weighted by Gasteiger charge is 2.27. The van der Waals surface area contributed by atoms with Crippen molar-refractivity contribution in [2.24, 2.45) is 0 Å². The van der Waals surface area contributed by atoms with Crippen molar-refractivity contribution in [1.29, 1.82) is 0 Å². The monoisotopic (exact) mass is 316 g/mol. The molecule has 0 saturated carbocycles. The minimum absolute atomic E-state index is 0.0271. The molecular formula is C12H14F2N4O2S.